The number of benzene rings is 1. The minimum atomic E-state index is 0.0313. The van der Waals surface area contributed by atoms with Crippen LogP contribution in [0.15, 0.2) is 27.8 Å². The number of piperazine rings is 1. The highest BCUT2D eigenvalue weighted by atomic mass is 127. The van der Waals surface area contributed by atoms with Crippen LogP contribution in [0.3, 0.4) is 0 Å². The van der Waals surface area contributed by atoms with Crippen LogP contribution in [0, 0.1) is 3.57 Å². The summed E-state index contributed by atoms with van der Waals surface area (Å²) in [6, 6.07) is 5.73. The summed E-state index contributed by atoms with van der Waals surface area (Å²) >= 11 is 5.63. The van der Waals surface area contributed by atoms with Crippen molar-refractivity contribution in [3.8, 4) is 0 Å². The summed E-state index contributed by atoms with van der Waals surface area (Å²) in [6.45, 7) is 3.11. The Labute approximate surface area is 145 Å². The lowest BCUT2D eigenvalue weighted by Crippen LogP contribution is -2.50. The lowest BCUT2D eigenvalue weighted by molar-refractivity contribution is 0.0652. The standard InChI is InChI=1S/C13H16BrIN4O2/c14-11-2-1-9(15)7-10(11)13(20)19-5-3-18(4-6-19)8-12(16)17-21/h1-2,7,21H,3-6,8H2,(H2,16,17). The van der Waals surface area contributed by atoms with Gasteiger partial charge in [-0.1, -0.05) is 5.16 Å². The van der Waals surface area contributed by atoms with Gasteiger partial charge < -0.3 is 15.8 Å². The number of oxime groups is 1. The van der Waals surface area contributed by atoms with Gasteiger partial charge in [-0.05, 0) is 56.7 Å². The molecule has 0 radical (unpaired) electrons. The highest BCUT2D eigenvalue weighted by Gasteiger charge is 2.23. The molecule has 21 heavy (non-hydrogen) atoms. The number of carbonyl (C=O) groups excluding carboxylic acids is 1. The molecular formula is C13H16BrIN4O2. The van der Waals surface area contributed by atoms with Gasteiger partial charge in [0.1, 0.15) is 0 Å². The third kappa shape index (κ3) is 4.30. The highest BCUT2D eigenvalue weighted by Crippen LogP contribution is 2.21. The van der Waals surface area contributed by atoms with Gasteiger partial charge in [-0.25, -0.2) is 0 Å². The van der Waals surface area contributed by atoms with Gasteiger partial charge in [0.25, 0.3) is 5.91 Å². The zero-order valence-corrected chi connectivity index (χ0v) is 15.0. The maximum Gasteiger partial charge on any atom is 0.255 e. The van der Waals surface area contributed by atoms with Crippen molar-refractivity contribution >= 4 is 50.3 Å². The molecular weight excluding hydrogens is 451 g/mol. The Hall–Kier alpha value is -0.870. The molecule has 0 spiro atoms. The van der Waals surface area contributed by atoms with E-state index < -0.39 is 0 Å². The molecule has 1 saturated heterocycles. The predicted molar refractivity (Wildman–Crippen MR) is 92.6 cm³/mol. The van der Waals surface area contributed by atoms with Gasteiger partial charge in [0.15, 0.2) is 5.84 Å². The van der Waals surface area contributed by atoms with Crippen LogP contribution in [0.4, 0.5) is 0 Å². The number of nitrogens with two attached hydrogens (primary N) is 1. The molecule has 1 amide bonds. The Morgan fingerprint density at radius 3 is 2.67 bits per heavy atom. The van der Waals surface area contributed by atoms with Crippen LogP contribution in [0.25, 0.3) is 0 Å². The molecule has 0 saturated carbocycles. The van der Waals surface area contributed by atoms with E-state index in [1.165, 1.54) is 0 Å². The van der Waals surface area contributed by atoms with Crippen molar-refractivity contribution in [3.05, 3.63) is 31.8 Å². The molecule has 6 nitrogen and oxygen atoms in total. The number of rotatable bonds is 3. The smallest absolute Gasteiger partial charge is 0.255 e. The lowest BCUT2D eigenvalue weighted by atomic mass is 10.2. The zero-order chi connectivity index (χ0) is 15.4. The highest BCUT2D eigenvalue weighted by molar-refractivity contribution is 14.1. The van der Waals surface area contributed by atoms with Crippen molar-refractivity contribution in [1.82, 2.24) is 9.80 Å². The normalized spacial score (nSPS) is 17.0. The van der Waals surface area contributed by atoms with Crippen molar-refractivity contribution in [1.29, 1.82) is 0 Å². The zero-order valence-electron chi connectivity index (χ0n) is 11.3. The molecule has 2 rings (SSSR count). The summed E-state index contributed by atoms with van der Waals surface area (Å²) in [6.07, 6.45) is 0. The summed E-state index contributed by atoms with van der Waals surface area (Å²) in [4.78, 5) is 16.4. The fourth-order valence-electron chi connectivity index (χ4n) is 2.20. The molecule has 0 atom stereocenters. The molecule has 1 aliphatic heterocycles. The molecule has 0 aromatic heterocycles. The molecule has 1 aromatic carbocycles. The Bertz CT molecular complexity index is 559. The number of halogens is 2. The number of hydrogen-bond donors (Lipinski definition) is 2. The number of hydrogen-bond acceptors (Lipinski definition) is 4. The van der Waals surface area contributed by atoms with Crippen molar-refractivity contribution in [3.63, 3.8) is 0 Å². The summed E-state index contributed by atoms with van der Waals surface area (Å²) in [7, 11) is 0. The molecule has 0 unspecified atom stereocenters. The first-order valence-corrected chi connectivity index (χ1v) is 8.31. The fraction of sp³-hybridized carbons (Fsp3) is 0.385. The molecule has 3 N–H and O–H groups in total. The van der Waals surface area contributed by atoms with E-state index >= 15 is 0 Å². The van der Waals surface area contributed by atoms with E-state index in [-0.39, 0.29) is 11.7 Å². The average molecular weight is 467 g/mol. The molecule has 8 heteroatoms. The second-order valence-corrected chi connectivity index (χ2v) is 6.88. The molecule has 1 aromatic rings. The monoisotopic (exact) mass is 466 g/mol. The van der Waals surface area contributed by atoms with E-state index in [9.17, 15) is 4.79 Å². The van der Waals surface area contributed by atoms with Gasteiger partial charge in [-0.2, -0.15) is 0 Å². The maximum absolute atomic E-state index is 12.5. The fourth-order valence-corrected chi connectivity index (χ4v) is 3.11. The first-order valence-electron chi connectivity index (χ1n) is 6.44. The topological polar surface area (TPSA) is 82.2 Å². The van der Waals surface area contributed by atoms with Crippen molar-refractivity contribution in [2.75, 3.05) is 32.7 Å². The van der Waals surface area contributed by atoms with Gasteiger partial charge in [0.05, 0.1) is 12.1 Å². The third-order valence-electron chi connectivity index (χ3n) is 3.33. The summed E-state index contributed by atoms with van der Waals surface area (Å²) in [5, 5.41) is 11.5. The first kappa shape index (κ1) is 16.5. The van der Waals surface area contributed by atoms with E-state index in [4.69, 9.17) is 10.9 Å². The number of amidine groups is 1. The summed E-state index contributed by atoms with van der Waals surface area (Å²) in [5.41, 5.74) is 6.18. The van der Waals surface area contributed by atoms with Gasteiger partial charge in [0.2, 0.25) is 0 Å². The minimum Gasteiger partial charge on any atom is -0.409 e. The largest absolute Gasteiger partial charge is 0.409 e. The summed E-state index contributed by atoms with van der Waals surface area (Å²) < 4.78 is 1.84. The molecule has 0 bridgehead atoms. The average Bonchev–Trinajstić information content (AvgIpc) is 2.49. The number of amides is 1. The Morgan fingerprint density at radius 1 is 1.38 bits per heavy atom. The van der Waals surface area contributed by atoms with Gasteiger partial charge in [-0.15, -0.1) is 0 Å². The minimum absolute atomic E-state index is 0.0313. The van der Waals surface area contributed by atoms with E-state index in [0.717, 1.165) is 8.04 Å². The van der Waals surface area contributed by atoms with Gasteiger partial charge >= 0.3 is 0 Å². The molecule has 0 aliphatic carbocycles. The SMILES string of the molecule is N/C(CN1CCN(C(=O)c2cc(I)ccc2Br)CC1)=N/O. The van der Waals surface area contributed by atoms with E-state index in [1.807, 2.05) is 23.1 Å². The number of nitrogens with zero attached hydrogens (tertiary/aromatic N) is 3. The Balaban J connectivity index is 1.99. The third-order valence-corrected chi connectivity index (χ3v) is 4.69. The van der Waals surface area contributed by atoms with Crippen molar-refractivity contribution in [2.24, 2.45) is 10.9 Å². The molecule has 1 fully saturated rings. The van der Waals surface area contributed by atoms with Gasteiger partial charge in [0, 0.05) is 34.2 Å². The van der Waals surface area contributed by atoms with Crippen molar-refractivity contribution in [2.45, 2.75) is 0 Å². The van der Waals surface area contributed by atoms with Crippen LogP contribution in [-0.4, -0.2) is 59.5 Å². The van der Waals surface area contributed by atoms with Crippen LogP contribution in [0.1, 0.15) is 10.4 Å². The van der Waals surface area contributed by atoms with Crippen LogP contribution in [0.2, 0.25) is 0 Å². The predicted octanol–water partition coefficient (Wildman–Crippen LogP) is 1.56. The van der Waals surface area contributed by atoms with Gasteiger partial charge in [-0.3, -0.25) is 9.69 Å². The van der Waals surface area contributed by atoms with E-state index in [1.54, 1.807) is 0 Å². The Kier molecular flexibility index (Phi) is 5.82. The van der Waals surface area contributed by atoms with Crippen LogP contribution in [-0.2, 0) is 0 Å². The maximum atomic E-state index is 12.5. The molecule has 1 heterocycles. The second-order valence-electron chi connectivity index (χ2n) is 4.78. The van der Waals surface area contributed by atoms with Crippen molar-refractivity contribution < 1.29 is 10.0 Å². The summed E-state index contributed by atoms with van der Waals surface area (Å²) in [5.74, 6) is 0.221. The second kappa shape index (κ2) is 7.41. The number of carbonyl (C=O) groups is 1. The Morgan fingerprint density at radius 2 is 2.05 bits per heavy atom. The molecule has 1 aliphatic rings. The van der Waals surface area contributed by atoms with Crippen LogP contribution >= 0.6 is 38.5 Å². The molecule has 114 valence electrons. The van der Waals surface area contributed by atoms with Crippen LogP contribution in [0.5, 0.6) is 0 Å². The first-order chi connectivity index (χ1) is 10.0. The van der Waals surface area contributed by atoms with E-state index in [0.29, 0.717) is 38.3 Å². The van der Waals surface area contributed by atoms with E-state index in [2.05, 4.69) is 48.6 Å². The quantitative estimate of drug-likeness (QED) is 0.233. The van der Waals surface area contributed by atoms with Crippen LogP contribution < -0.4 is 5.73 Å². The lowest BCUT2D eigenvalue weighted by Gasteiger charge is -2.34.